The fraction of sp³-hybridized carbons (Fsp3) is 0.167. The van der Waals surface area contributed by atoms with Crippen LogP contribution in [0.25, 0.3) is 0 Å². The first kappa shape index (κ1) is 23.0. The molecule has 0 aliphatic heterocycles. The van der Waals surface area contributed by atoms with Gasteiger partial charge < -0.3 is 10.6 Å². The van der Waals surface area contributed by atoms with E-state index in [0.29, 0.717) is 22.1 Å². The van der Waals surface area contributed by atoms with Gasteiger partial charge in [-0.05, 0) is 61.4 Å². The van der Waals surface area contributed by atoms with Crippen LogP contribution in [-0.2, 0) is 4.79 Å². The van der Waals surface area contributed by atoms with Crippen LogP contribution in [0.1, 0.15) is 29.3 Å². The van der Waals surface area contributed by atoms with Crippen molar-refractivity contribution in [1.82, 2.24) is 0 Å². The summed E-state index contributed by atoms with van der Waals surface area (Å²) in [7, 11) is 0. The Labute approximate surface area is 193 Å². The molecular weight excluding hydrogens is 479 g/mol. The molecule has 7 heteroatoms. The molecule has 3 aromatic carbocycles. The van der Waals surface area contributed by atoms with Gasteiger partial charge in [0.1, 0.15) is 5.82 Å². The number of benzene rings is 3. The van der Waals surface area contributed by atoms with Crippen molar-refractivity contribution in [1.29, 1.82) is 0 Å². The van der Waals surface area contributed by atoms with Gasteiger partial charge in [0, 0.05) is 20.6 Å². The van der Waals surface area contributed by atoms with E-state index in [1.54, 1.807) is 18.2 Å². The van der Waals surface area contributed by atoms with Crippen LogP contribution in [0, 0.1) is 12.7 Å². The lowest BCUT2D eigenvalue weighted by atomic mass is 10.1. The molecule has 4 nitrogen and oxygen atoms in total. The summed E-state index contributed by atoms with van der Waals surface area (Å²) in [5.41, 5.74) is 2.30. The first-order valence-corrected chi connectivity index (χ1v) is 11.4. The third-order valence-corrected chi connectivity index (χ3v) is 6.46. The first-order chi connectivity index (χ1) is 14.9. The maximum absolute atomic E-state index is 14.1. The van der Waals surface area contributed by atoms with Crippen LogP contribution in [0.2, 0.25) is 0 Å². The molecule has 160 valence electrons. The highest BCUT2D eigenvalue weighted by Crippen LogP contribution is 2.29. The number of nitrogens with one attached hydrogen (secondary N) is 2. The minimum Gasteiger partial charge on any atom is -0.323 e. The summed E-state index contributed by atoms with van der Waals surface area (Å²) in [5.74, 6) is -0.956. The number of hydrogen-bond acceptors (Lipinski definition) is 3. The Balaban J connectivity index is 1.69. The Kier molecular flexibility index (Phi) is 7.87. The van der Waals surface area contributed by atoms with E-state index in [1.807, 2.05) is 50.2 Å². The second-order valence-corrected chi connectivity index (χ2v) is 9.12. The topological polar surface area (TPSA) is 58.2 Å². The summed E-state index contributed by atoms with van der Waals surface area (Å²) < 4.78 is 14.7. The molecule has 1 unspecified atom stereocenters. The number of halogens is 2. The molecule has 0 spiro atoms. The van der Waals surface area contributed by atoms with Crippen molar-refractivity contribution in [3.8, 4) is 0 Å². The molecule has 31 heavy (non-hydrogen) atoms. The number of carbonyl (C=O) groups is 2. The number of thioether (sulfide) groups is 1. The number of hydrogen-bond donors (Lipinski definition) is 2. The Morgan fingerprint density at radius 2 is 1.81 bits per heavy atom. The molecular formula is C24H22BrFN2O2S. The monoisotopic (exact) mass is 500 g/mol. The van der Waals surface area contributed by atoms with Crippen molar-refractivity contribution in [3.05, 3.63) is 88.1 Å². The molecule has 0 aliphatic carbocycles. The summed E-state index contributed by atoms with van der Waals surface area (Å²) in [6, 6.07) is 19.2. The average molecular weight is 501 g/mol. The quantitative estimate of drug-likeness (QED) is 0.356. The van der Waals surface area contributed by atoms with Gasteiger partial charge in [-0.2, -0.15) is 0 Å². The predicted molar refractivity (Wildman–Crippen MR) is 128 cm³/mol. The van der Waals surface area contributed by atoms with Gasteiger partial charge in [-0.15, -0.1) is 11.8 Å². The zero-order valence-electron chi connectivity index (χ0n) is 17.1. The molecule has 0 heterocycles. The molecule has 3 rings (SSSR count). The Hall–Kier alpha value is -2.64. The molecule has 0 aromatic heterocycles. The third kappa shape index (κ3) is 6.18. The molecule has 2 amide bonds. The minimum atomic E-state index is -0.497. The van der Waals surface area contributed by atoms with Gasteiger partial charge in [-0.3, -0.25) is 9.59 Å². The number of carbonyl (C=O) groups excluding carboxylic acids is 2. The lowest BCUT2D eigenvalue weighted by Crippen LogP contribution is -2.25. The van der Waals surface area contributed by atoms with Gasteiger partial charge in [0.15, 0.2) is 0 Å². The van der Waals surface area contributed by atoms with Crippen LogP contribution in [0.3, 0.4) is 0 Å². The van der Waals surface area contributed by atoms with Crippen molar-refractivity contribution in [2.24, 2.45) is 0 Å². The molecule has 0 saturated heterocycles. The average Bonchev–Trinajstić information content (AvgIpc) is 2.74. The van der Waals surface area contributed by atoms with Crippen molar-refractivity contribution >= 4 is 50.9 Å². The second kappa shape index (κ2) is 10.6. The number of anilines is 2. The number of rotatable bonds is 7. The molecule has 1 atom stereocenters. The summed E-state index contributed by atoms with van der Waals surface area (Å²) in [5, 5.41) is 5.15. The fourth-order valence-electron chi connectivity index (χ4n) is 2.96. The van der Waals surface area contributed by atoms with Crippen molar-refractivity contribution in [3.63, 3.8) is 0 Å². The summed E-state index contributed by atoms with van der Waals surface area (Å²) in [4.78, 5) is 26.1. The van der Waals surface area contributed by atoms with E-state index >= 15 is 0 Å². The van der Waals surface area contributed by atoms with Gasteiger partial charge in [-0.25, -0.2) is 4.39 Å². The van der Waals surface area contributed by atoms with E-state index in [4.69, 9.17) is 0 Å². The van der Waals surface area contributed by atoms with Gasteiger partial charge in [-0.1, -0.05) is 47.1 Å². The van der Waals surface area contributed by atoms with E-state index in [9.17, 15) is 14.0 Å². The predicted octanol–water partition coefficient (Wildman–Crippen LogP) is 6.66. The van der Waals surface area contributed by atoms with Crippen LogP contribution in [0.4, 0.5) is 15.8 Å². The minimum absolute atomic E-state index is 0.145. The zero-order valence-corrected chi connectivity index (χ0v) is 19.5. The smallest absolute Gasteiger partial charge is 0.255 e. The third-order valence-electron chi connectivity index (χ3n) is 4.61. The summed E-state index contributed by atoms with van der Waals surface area (Å²) in [6.07, 6.45) is 0.564. The lowest BCUT2D eigenvalue weighted by Gasteiger charge is -2.16. The lowest BCUT2D eigenvalue weighted by molar-refractivity contribution is -0.115. The molecule has 2 N–H and O–H groups in total. The highest BCUT2D eigenvalue weighted by atomic mass is 79.9. The fourth-order valence-corrected chi connectivity index (χ4v) is 4.31. The SMILES string of the molecule is CCC(Sc1cccc(NC(=O)c2ccccc2C)c1)C(=O)Nc1ccc(Br)cc1F. The van der Waals surface area contributed by atoms with Crippen LogP contribution >= 0.6 is 27.7 Å². The van der Waals surface area contributed by atoms with Crippen LogP contribution in [0.5, 0.6) is 0 Å². The van der Waals surface area contributed by atoms with E-state index < -0.39 is 11.1 Å². The van der Waals surface area contributed by atoms with E-state index in [0.717, 1.165) is 10.5 Å². The molecule has 0 aliphatic rings. The molecule has 0 bridgehead atoms. The number of aryl methyl sites for hydroxylation is 1. The highest BCUT2D eigenvalue weighted by Gasteiger charge is 2.20. The summed E-state index contributed by atoms with van der Waals surface area (Å²) in [6.45, 7) is 3.79. The standard InChI is InChI=1S/C24H22BrFN2O2S/c1-3-22(24(30)28-21-12-11-16(25)13-20(21)26)31-18-9-6-8-17(14-18)27-23(29)19-10-5-4-7-15(19)2/h4-14,22H,3H2,1-2H3,(H,27,29)(H,28,30). The normalized spacial score (nSPS) is 11.6. The number of amides is 2. The van der Waals surface area contributed by atoms with Crippen LogP contribution < -0.4 is 10.6 Å². The van der Waals surface area contributed by atoms with Crippen LogP contribution in [0.15, 0.2) is 76.1 Å². The largest absolute Gasteiger partial charge is 0.323 e. The maximum atomic E-state index is 14.1. The molecule has 3 aromatic rings. The van der Waals surface area contributed by atoms with E-state index in [-0.39, 0.29) is 17.5 Å². The van der Waals surface area contributed by atoms with Gasteiger partial charge in [0.05, 0.1) is 10.9 Å². The Bertz CT molecular complexity index is 1110. The Morgan fingerprint density at radius 1 is 1.03 bits per heavy atom. The Morgan fingerprint density at radius 3 is 2.52 bits per heavy atom. The second-order valence-electron chi connectivity index (χ2n) is 6.93. The summed E-state index contributed by atoms with van der Waals surface area (Å²) >= 11 is 4.58. The van der Waals surface area contributed by atoms with Gasteiger partial charge in [0.2, 0.25) is 5.91 Å². The van der Waals surface area contributed by atoms with Crippen molar-refractivity contribution in [2.45, 2.75) is 30.4 Å². The van der Waals surface area contributed by atoms with E-state index in [1.165, 1.54) is 23.9 Å². The molecule has 0 fully saturated rings. The highest BCUT2D eigenvalue weighted by molar-refractivity contribution is 9.10. The molecule has 0 saturated carbocycles. The zero-order chi connectivity index (χ0) is 22.4. The van der Waals surface area contributed by atoms with Gasteiger partial charge >= 0.3 is 0 Å². The van der Waals surface area contributed by atoms with Crippen molar-refractivity contribution < 1.29 is 14.0 Å². The molecule has 0 radical (unpaired) electrons. The maximum Gasteiger partial charge on any atom is 0.255 e. The van der Waals surface area contributed by atoms with Crippen LogP contribution in [-0.4, -0.2) is 17.1 Å². The van der Waals surface area contributed by atoms with E-state index in [2.05, 4.69) is 26.6 Å². The first-order valence-electron chi connectivity index (χ1n) is 9.77. The van der Waals surface area contributed by atoms with Gasteiger partial charge in [0.25, 0.3) is 5.91 Å². The van der Waals surface area contributed by atoms with Crippen molar-refractivity contribution in [2.75, 3.05) is 10.6 Å².